The molecule has 0 radical (unpaired) electrons. The molecule has 0 saturated carbocycles. The Kier molecular flexibility index (Phi) is 4.69. The second kappa shape index (κ2) is 6.27. The molecule has 0 aliphatic carbocycles. The second-order valence-corrected chi connectivity index (χ2v) is 5.34. The number of aromatic nitrogens is 2. The minimum absolute atomic E-state index is 0. The summed E-state index contributed by atoms with van der Waals surface area (Å²) in [5, 5.41) is 14.3. The molecule has 0 amide bonds. The van der Waals surface area contributed by atoms with E-state index in [-0.39, 0.29) is 12.4 Å². The molecule has 1 fully saturated rings. The molecule has 96 valence electrons. The maximum absolute atomic E-state index is 4.36. The largest absolute Gasteiger partial charge is 0.317 e. The number of hydrogen-bond donors (Lipinski definition) is 1. The third kappa shape index (κ3) is 2.88. The summed E-state index contributed by atoms with van der Waals surface area (Å²) in [6.07, 6.45) is 2.37. The summed E-state index contributed by atoms with van der Waals surface area (Å²) in [5.74, 6) is 0.603. The Hall–Kier alpha value is -0.970. The van der Waals surface area contributed by atoms with Crippen LogP contribution in [0.3, 0.4) is 0 Å². The molecule has 0 unspecified atom stereocenters. The zero-order chi connectivity index (χ0) is 11.5. The van der Waals surface area contributed by atoms with Crippen LogP contribution in [0.2, 0.25) is 0 Å². The van der Waals surface area contributed by atoms with Gasteiger partial charge in [-0.3, -0.25) is 0 Å². The van der Waals surface area contributed by atoms with Crippen molar-refractivity contribution < 1.29 is 0 Å². The van der Waals surface area contributed by atoms with Crippen molar-refractivity contribution in [2.24, 2.45) is 0 Å². The monoisotopic (exact) mass is 281 g/mol. The van der Waals surface area contributed by atoms with Crippen LogP contribution < -0.4 is 5.32 Å². The van der Waals surface area contributed by atoms with Crippen LogP contribution in [0.25, 0.3) is 10.6 Å². The Morgan fingerprint density at radius 1 is 1.06 bits per heavy atom. The molecule has 1 aliphatic rings. The summed E-state index contributed by atoms with van der Waals surface area (Å²) in [6.45, 7) is 2.20. The van der Waals surface area contributed by atoms with E-state index < -0.39 is 0 Å². The van der Waals surface area contributed by atoms with E-state index in [2.05, 4.69) is 27.6 Å². The van der Waals surface area contributed by atoms with Gasteiger partial charge in [0.25, 0.3) is 0 Å². The SMILES string of the molecule is Cl.c1ccc(-c2nnc(C3CCNCC3)s2)cc1. The smallest absolute Gasteiger partial charge is 0.147 e. The van der Waals surface area contributed by atoms with Crippen LogP contribution in [0.15, 0.2) is 30.3 Å². The number of rotatable bonds is 2. The van der Waals surface area contributed by atoms with Crippen molar-refractivity contribution in [1.82, 2.24) is 15.5 Å². The molecule has 1 aliphatic heterocycles. The van der Waals surface area contributed by atoms with Gasteiger partial charge in [0.15, 0.2) is 0 Å². The average molecular weight is 282 g/mol. The van der Waals surface area contributed by atoms with Gasteiger partial charge in [-0.1, -0.05) is 41.7 Å². The van der Waals surface area contributed by atoms with Gasteiger partial charge >= 0.3 is 0 Å². The fourth-order valence-electron chi connectivity index (χ4n) is 2.17. The van der Waals surface area contributed by atoms with Crippen LogP contribution in [0.5, 0.6) is 0 Å². The summed E-state index contributed by atoms with van der Waals surface area (Å²) >= 11 is 1.74. The summed E-state index contributed by atoms with van der Waals surface area (Å²) in [7, 11) is 0. The van der Waals surface area contributed by atoms with Crippen molar-refractivity contribution in [3.05, 3.63) is 35.3 Å². The first kappa shape index (κ1) is 13.5. The van der Waals surface area contributed by atoms with E-state index in [1.54, 1.807) is 11.3 Å². The summed E-state index contributed by atoms with van der Waals surface area (Å²) in [5.41, 5.74) is 1.17. The third-order valence-corrected chi connectivity index (χ3v) is 4.28. The Bertz CT molecular complexity index is 480. The molecule has 2 aromatic rings. The molecule has 1 N–H and O–H groups in total. The predicted octanol–water partition coefficient (Wildman–Crippen LogP) is 3.09. The minimum atomic E-state index is 0. The predicted molar refractivity (Wildman–Crippen MR) is 77.4 cm³/mol. The summed E-state index contributed by atoms with van der Waals surface area (Å²) in [4.78, 5) is 0. The highest BCUT2D eigenvalue weighted by Crippen LogP contribution is 2.31. The summed E-state index contributed by atoms with van der Waals surface area (Å²) in [6, 6.07) is 10.3. The fraction of sp³-hybridized carbons (Fsp3) is 0.385. The lowest BCUT2D eigenvalue weighted by Gasteiger charge is -2.19. The van der Waals surface area contributed by atoms with E-state index >= 15 is 0 Å². The Morgan fingerprint density at radius 2 is 1.78 bits per heavy atom. The average Bonchev–Trinajstić information content (AvgIpc) is 2.90. The number of piperidine rings is 1. The quantitative estimate of drug-likeness (QED) is 0.919. The normalized spacial score (nSPS) is 16.2. The van der Waals surface area contributed by atoms with Crippen molar-refractivity contribution in [3.8, 4) is 10.6 Å². The van der Waals surface area contributed by atoms with E-state index in [1.807, 2.05) is 18.2 Å². The third-order valence-electron chi connectivity index (χ3n) is 3.15. The fourth-order valence-corrected chi connectivity index (χ4v) is 3.18. The van der Waals surface area contributed by atoms with E-state index in [9.17, 15) is 0 Å². The molecule has 1 aromatic heterocycles. The molecular weight excluding hydrogens is 266 g/mol. The standard InChI is InChI=1S/C13H15N3S.ClH/c1-2-4-10(5-3-1)12-15-16-13(17-12)11-6-8-14-9-7-11;/h1-5,11,14H,6-9H2;1H. The van der Waals surface area contributed by atoms with E-state index in [0.717, 1.165) is 18.1 Å². The van der Waals surface area contributed by atoms with Gasteiger partial charge in [-0.15, -0.1) is 22.6 Å². The second-order valence-electron chi connectivity index (χ2n) is 4.34. The van der Waals surface area contributed by atoms with E-state index in [0.29, 0.717) is 5.92 Å². The molecule has 2 heterocycles. The zero-order valence-electron chi connectivity index (χ0n) is 10.0. The number of nitrogens with zero attached hydrogens (tertiary/aromatic N) is 2. The number of benzene rings is 1. The molecule has 0 spiro atoms. The molecule has 18 heavy (non-hydrogen) atoms. The van der Waals surface area contributed by atoms with Crippen LogP contribution in [0.1, 0.15) is 23.8 Å². The van der Waals surface area contributed by atoms with Gasteiger partial charge in [0, 0.05) is 11.5 Å². The highest BCUT2D eigenvalue weighted by molar-refractivity contribution is 7.14. The first-order valence-electron chi connectivity index (χ1n) is 6.03. The molecule has 0 bridgehead atoms. The van der Waals surface area contributed by atoms with E-state index in [1.165, 1.54) is 23.4 Å². The van der Waals surface area contributed by atoms with Crippen molar-refractivity contribution in [2.45, 2.75) is 18.8 Å². The van der Waals surface area contributed by atoms with Crippen molar-refractivity contribution in [3.63, 3.8) is 0 Å². The topological polar surface area (TPSA) is 37.8 Å². The minimum Gasteiger partial charge on any atom is -0.317 e. The molecule has 0 atom stereocenters. The Labute approximate surface area is 117 Å². The Morgan fingerprint density at radius 3 is 2.50 bits per heavy atom. The van der Waals surface area contributed by atoms with Gasteiger partial charge < -0.3 is 5.32 Å². The molecule has 1 aromatic carbocycles. The van der Waals surface area contributed by atoms with Crippen LogP contribution in [0, 0.1) is 0 Å². The van der Waals surface area contributed by atoms with Gasteiger partial charge in [0.05, 0.1) is 0 Å². The van der Waals surface area contributed by atoms with Gasteiger partial charge in [0.1, 0.15) is 10.0 Å². The maximum Gasteiger partial charge on any atom is 0.147 e. The van der Waals surface area contributed by atoms with Crippen LogP contribution in [0.4, 0.5) is 0 Å². The van der Waals surface area contributed by atoms with Crippen molar-refractivity contribution in [1.29, 1.82) is 0 Å². The highest BCUT2D eigenvalue weighted by atomic mass is 35.5. The molecule has 1 saturated heterocycles. The first-order valence-corrected chi connectivity index (χ1v) is 6.84. The number of hydrogen-bond acceptors (Lipinski definition) is 4. The van der Waals surface area contributed by atoms with Gasteiger partial charge in [-0.25, -0.2) is 0 Å². The van der Waals surface area contributed by atoms with Crippen LogP contribution in [-0.2, 0) is 0 Å². The maximum atomic E-state index is 4.36. The van der Waals surface area contributed by atoms with Gasteiger partial charge in [-0.2, -0.15) is 0 Å². The van der Waals surface area contributed by atoms with Crippen molar-refractivity contribution in [2.75, 3.05) is 13.1 Å². The number of halogens is 1. The summed E-state index contributed by atoms with van der Waals surface area (Å²) < 4.78 is 0. The number of nitrogens with one attached hydrogen (secondary N) is 1. The first-order chi connectivity index (χ1) is 8.43. The van der Waals surface area contributed by atoms with Gasteiger partial charge in [0.2, 0.25) is 0 Å². The molecule has 5 heteroatoms. The van der Waals surface area contributed by atoms with Gasteiger partial charge in [-0.05, 0) is 25.9 Å². The van der Waals surface area contributed by atoms with Crippen LogP contribution in [-0.4, -0.2) is 23.3 Å². The lowest BCUT2D eigenvalue weighted by Crippen LogP contribution is -2.26. The molecule has 3 nitrogen and oxygen atoms in total. The van der Waals surface area contributed by atoms with Crippen molar-refractivity contribution >= 4 is 23.7 Å². The van der Waals surface area contributed by atoms with E-state index in [4.69, 9.17) is 0 Å². The molecule has 3 rings (SSSR count). The molecular formula is C13H16ClN3S. The van der Waals surface area contributed by atoms with Crippen LogP contribution >= 0.6 is 23.7 Å². The lowest BCUT2D eigenvalue weighted by atomic mass is 9.99. The lowest BCUT2D eigenvalue weighted by molar-refractivity contribution is 0.457. The zero-order valence-corrected chi connectivity index (χ0v) is 11.6. The highest BCUT2D eigenvalue weighted by Gasteiger charge is 2.19. The Balaban J connectivity index is 0.00000120.